The summed E-state index contributed by atoms with van der Waals surface area (Å²) in [5.41, 5.74) is 1.82. The van der Waals surface area contributed by atoms with E-state index in [2.05, 4.69) is 10.7 Å². The molecule has 4 N–H and O–H groups in total. The zero-order valence-corrected chi connectivity index (χ0v) is 15.9. The number of nitrogens with two attached hydrogens (primary N) is 1. The van der Waals surface area contributed by atoms with E-state index in [4.69, 9.17) is 0 Å². The number of quaternary nitrogens is 1. The van der Waals surface area contributed by atoms with Gasteiger partial charge in [-0.1, -0.05) is 30.3 Å². The zero-order valence-electron chi connectivity index (χ0n) is 15.9. The van der Waals surface area contributed by atoms with Crippen LogP contribution in [-0.2, 0) is 15.1 Å². The first kappa shape index (κ1) is 20.4. The van der Waals surface area contributed by atoms with Gasteiger partial charge in [0.05, 0.1) is 0 Å². The predicted octanol–water partition coefficient (Wildman–Crippen LogP) is 1.09. The van der Waals surface area contributed by atoms with Crippen molar-refractivity contribution in [2.45, 2.75) is 25.4 Å². The zero-order chi connectivity index (χ0) is 21.2. The van der Waals surface area contributed by atoms with Crippen molar-refractivity contribution < 1.29 is 28.5 Å². The molecule has 1 heterocycles. The smallest absolute Gasteiger partial charge is 0.332 e. The summed E-state index contributed by atoms with van der Waals surface area (Å²) in [6.07, 6.45) is 0. The van der Waals surface area contributed by atoms with Crippen molar-refractivity contribution in [3.05, 3.63) is 71.3 Å². The number of urea groups is 1. The van der Waals surface area contributed by atoms with Crippen LogP contribution in [0.4, 0.5) is 13.6 Å². The van der Waals surface area contributed by atoms with Crippen LogP contribution in [0.2, 0.25) is 0 Å². The van der Waals surface area contributed by atoms with Crippen molar-refractivity contribution in [2.24, 2.45) is 0 Å². The minimum Gasteiger partial charge on any atom is -0.332 e. The third-order valence-corrected chi connectivity index (χ3v) is 4.89. The van der Waals surface area contributed by atoms with Gasteiger partial charge in [-0.05, 0) is 31.5 Å². The first-order valence-electron chi connectivity index (χ1n) is 9.02. The largest absolute Gasteiger partial charge is 0.344 e. The number of nitrogens with zero attached hydrogens (tertiary/aromatic N) is 1. The van der Waals surface area contributed by atoms with E-state index in [9.17, 15) is 23.2 Å². The minimum atomic E-state index is -1.29. The maximum Gasteiger partial charge on any atom is 0.344 e. The fraction of sp³-hybridized carbons (Fsp3) is 0.250. The van der Waals surface area contributed by atoms with Crippen molar-refractivity contribution in [3.63, 3.8) is 0 Å². The second-order valence-electron chi connectivity index (χ2n) is 6.99. The molecular weight excluding hydrogens is 382 g/mol. The average molecular weight is 403 g/mol. The fourth-order valence-corrected chi connectivity index (χ4v) is 3.16. The second kappa shape index (κ2) is 7.96. The van der Waals surface area contributed by atoms with E-state index in [-0.39, 0.29) is 12.1 Å². The molecule has 29 heavy (non-hydrogen) atoms. The van der Waals surface area contributed by atoms with E-state index < -0.39 is 41.1 Å². The van der Waals surface area contributed by atoms with E-state index in [0.29, 0.717) is 10.6 Å². The molecule has 4 amide bonds. The van der Waals surface area contributed by atoms with Gasteiger partial charge in [0.15, 0.2) is 6.54 Å². The molecule has 3 rings (SSSR count). The van der Waals surface area contributed by atoms with Crippen LogP contribution in [0.5, 0.6) is 0 Å². The number of carbonyl (C=O) groups excluding carboxylic acids is 3. The fourth-order valence-electron chi connectivity index (χ4n) is 3.16. The Labute approximate surface area is 166 Å². The normalized spacial score (nSPS) is 19.8. The lowest BCUT2D eigenvalue weighted by atomic mass is 9.92. The van der Waals surface area contributed by atoms with E-state index in [0.717, 1.165) is 12.1 Å². The number of halogens is 2. The lowest BCUT2D eigenvalue weighted by Crippen LogP contribution is -2.87. The molecule has 1 fully saturated rings. The highest BCUT2D eigenvalue weighted by atomic mass is 19.1. The number of rotatable bonds is 6. The van der Waals surface area contributed by atoms with Crippen LogP contribution in [0.3, 0.4) is 0 Å². The van der Waals surface area contributed by atoms with Gasteiger partial charge in [0, 0.05) is 11.6 Å². The number of nitrogens with one attached hydrogen (secondary N) is 2. The molecule has 1 aliphatic heterocycles. The molecule has 1 aliphatic rings. The van der Waals surface area contributed by atoms with E-state index in [1.807, 2.05) is 0 Å². The molecule has 9 heteroatoms. The predicted molar refractivity (Wildman–Crippen MR) is 98.9 cm³/mol. The van der Waals surface area contributed by atoms with Gasteiger partial charge in [-0.2, -0.15) is 5.01 Å². The van der Waals surface area contributed by atoms with Gasteiger partial charge in [-0.25, -0.2) is 13.6 Å². The number of benzene rings is 2. The van der Waals surface area contributed by atoms with Gasteiger partial charge in [0.2, 0.25) is 0 Å². The molecule has 0 saturated carbocycles. The van der Waals surface area contributed by atoms with E-state index >= 15 is 0 Å². The molecule has 152 valence electrons. The van der Waals surface area contributed by atoms with Crippen LogP contribution in [0.15, 0.2) is 48.5 Å². The maximum atomic E-state index is 13.8. The monoisotopic (exact) mass is 403 g/mol. The van der Waals surface area contributed by atoms with Crippen molar-refractivity contribution >= 4 is 17.8 Å². The molecule has 0 bridgehead atoms. The highest BCUT2D eigenvalue weighted by molar-refractivity contribution is 6.08. The number of hydrogen-bond acceptors (Lipinski definition) is 3. The molecule has 0 unspecified atom stereocenters. The van der Waals surface area contributed by atoms with Gasteiger partial charge in [0.25, 0.3) is 11.8 Å². The summed E-state index contributed by atoms with van der Waals surface area (Å²) < 4.78 is 26.9. The summed E-state index contributed by atoms with van der Waals surface area (Å²) in [5.74, 6) is -2.61. The standard InChI is InChI=1S/C20H20F2N4O3/c1-12(15-9-8-14(21)10-16(15)22)23-11-17(27)25-26-18(28)20(2,24-19(26)29)13-6-4-3-5-7-13/h3-10,12,23H,11H2,1-2H3,(H,24,29)(H,25,27)/p+1/t12-,20-/m1/s1. The summed E-state index contributed by atoms with van der Waals surface area (Å²) in [6.45, 7) is 3.04. The van der Waals surface area contributed by atoms with E-state index in [1.165, 1.54) is 11.4 Å². The molecule has 0 spiro atoms. The number of carbonyl (C=O) groups is 3. The van der Waals surface area contributed by atoms with Gasteiger partial charge < -0.3 is 10.6 Å². The van der Waals surface area contributed by atoms with Crippen molar-refractivity contribution in [3.8, 4) is 0 Å². The molecule has 7 nitrogen and oxygen atoms in total. The molecular formula is C20H21F2N4O3+. The Morgan fingerprint density at radius 3 is 2.55 bits per heavy atom. The lowest BCUT2D eigenvalue weighted by Gasteiger charge is -2.22. The number of hydrazine groups is 1. The molecule has 2 aromatic carbocycles. The number of amides is 4. The summed E-state index contributed by atoms with van der Waals surface area (Å²) in [7, 11) is 0. The molecule has 0 aromatic heterocycles. The Morgan fingerprint density at radius 1 is 1.21 bits per heavy atom. The van der Waals surface area contributed by atoms with E-state index in [1.54, 1.807) is 44.2 Å². The van der Waals surface area contributed by atoms with Crippen LogP contribution >= 0.6 is 0 Å². The number of hydrogen-bond donors (Lipinski definition) is 3. The first-order valence-corrected chi connectivity index (χ1v) is 9.02. The number of imide groups is 1. The van der Waals surface area contributed by atoms with Gasteiger partial charge >= 0.3 is 6.03 Å². The summed E-state index contributed by atoms with van der Waals surface area (Å²) >= 11 is 0. The van der Waals surface area contributed by atoms with Crippen molar-refractivity contribution in [2.75, 3.05) is 6.54 Å². The average Bonchev–Trinajstić information content (AvgIpc) is 2.91. The molecule has 2 aromatic rings. The van der Waals surface area contributed by atoms with Crippen LogP contribution in [0.1, 0.15) is 31.0 Å². The molecule has 2 atom stereocenters. The third kappa shape index (κ3) is 4.09. The Hall–Kier alpha value is -3.33. The lowest BCUT2D eigenvalue weighted by molar-refractivity contribution is -0.682. The van der Waals surface area contributed by atoms with Crippen LogP contribution in [0, 0.1) is 11.6 Å². The summed E-state index contributed by atoms with van der Waals surface area (Å²) in [4.78, 5) is 37.2. The topological polar surface area (TPSA) is 95.1 Å². The minimum absolute atomic E-state index is 0.170. The Morgan fingerprint density at radius 2 is 1.90 bits per heavy atom. The van der Waals surface area contributed by atoms with Gasteiger partial charge in [0.1, 0.15) is 23.2 Å². The summed E-state index contributed by atoms with van der Waals surface area (Å²) in [5, 5.41) is 4.74. The highest BCUT2D eigenvalue weighted by Crippen LogP contribution is 2.27. The Kier molecular flexibility index (Phi) is 5.60. The second-order valence-corrected chi connectivity index (χ2v) is 6.99. The van der Waals surface area contributed by atoms with Crippen LogP contribution < -0.4 is 16.1 Å². The van der Waals surface area contributed by atoms with Crippen molar-refractivity contribution in [1.29, 1.82) is 0 Å². The third-order valence-electron chi connectivity index (χ3n) is 4.89. The van der Waals surface area contributed by atoms with Crippen molar-refractivity contribution in [1.82, 2.24) is 15.8 Å². The Balaban J connectivity index is 1.62. The first-order chi connectivity index (χ1) is 13.7. The maximum absolute atomic E-state index is 13.8. The molecule has 0 aliphatic carbocycles. The van der Waals surface area contributed by atoms with Gasteiger partial charge in [-0.15, -0.1) is 0 Å². The molecule has 1 saturated heterocycles. The highest BCUT2D eigenvalue weighted by Gasteiger charge is 2.50. The molecule has 0 radical (unpaired) electrons. The SMILES string of the molecule is C[C@@H]([NH2+]CC(=O)NN1C(=O)N[C@](C)(c2ccccc2)C1=O)c1ccc(F)cc1F. The van der Waals surface area contributed by atoms with Crippen LogP contribution in [0.25, 0.3) is 0 Å². The summed E-state index contributed by atoms with van der Waals surface area (Å²) in [6, 6.07) is 10.7. The van der Waals surface area contributed by atoms with Crippen LogP contribution in [-0.4, -0.2) is 29.4 Å². The van der Waals surface area contributed by atoms with Gasteiger partial charge in [-0.3, -0.25) is 15.0 Å². The quantitative estimate of drug-likeness (QED) is 0.630. The Bertz CT molecular complexity index is 954.